The van der Waals surface area contributed by atoms with E-state index in [1.165, 1.54) is 50.9 Å². The topological polar surface area (TPSA) is 19.7 Å². The molecule has 1 heterocycles. The molecule has 1 N–H and O–H groups in total. The third kappa shape index (κ3) is 4.38. The van der Waals surface area contributed by atoms with Gasteiger partial charge in [-0.3, -0.25) is 0 Å². The third-order valence-electron chi connectivity index (χ3n) is 3.09. The van der Waals surface area contributed by atoms with Gasteiger partial charge in [0.15, 0.2) is 0 Å². The molecule has 92 valence electrons. The molecule has 1 aromatic heterocycles. The van der Waals surface area contributed by atoms with Crippen LogP contribution in [0.1, 0.15) is 71.0 Å². The zero-order valence-corrected chi connectivity index (χ0v) is 11.1. The Hall–Kier alpha value is -0.790. The summed E-state index contributed by atoms with van der Waals surface area (Å²) in [5.74, 6) is 1.95. The average molecular weight is 223 g/mol. The van der Waals surface area contributed by atoms with Crippen molar-refractivity contribution in [3.05, 3.63) is 18.2 Å². The smallest absolute Gasteiger partial charge is 0.247 e. The van der Waals surface area contributed by atoms with Crippen molar-refractivity contribution in [1.29, 1.82) is 0 Å². The second-order valence-electron chi connectivity index (χ2n) is 4.96. The fourth-order valence-electron chi connectivity index (χ4n) is 2.13. The zero-order chi connectivity index (χ0) is 11.8. The standard InChI is InChI=1S/C14H26N2/c1-4-5-6-7-8-9-11-16-12-10-15-14(16)13(2)3/h10,12-13H,4-9,11H2,1-3H3/p+1. The number of aromatic amines is 1. The first kappa shape index (κ1) is 13.3. The van der Waals surface area contributed by atoms with Crippen molar-refractivity contribution in [1.82, 2.24) is 4.98 Å². The van der Waals surface area contributed by atoms with Crippen molar-refractivity contribution in [3.63, 3.8) is 0 Å². The Kier molecular flexibility index (Phi) is 6.20. The first-order valence-corrected chi connectivity index (χ1v) is 6.82. The quantitative estimate of drug-likeness (QED) is 0.511. The Bertz CT molecular complexity index is 276. The molecule has 2 nitrogen and oxygen atoms in total. The van der Waals surface area contributed by atoms with Gasteiger partial charge in [-0.1, -0.05) is 46.5 Å². The largest absolute Gasteiger partial charge is 0.256 e. The first-order chi connectivity index (χ1) is 7.75. The minimum absolute atomic E-state index is 0.593. The van der Waals surface area contributed by atoms with Gasteiger partial charge < -0.3 is 0 Å². The molecule has 0 bridgehead atoms. The molecule has 0 saturated carbocycles. The lowest BCUT2D eigenvalue weighted by molar-refractivity contribution is -0.704. The van der Waals surface area contributed by atoms with Crippen LogP contribution in [-0.2, 0) is 6.54 Å². The van der Waals surface area contributed by atoms with Crippen LogP contribution in [0.3, 0.4) is 0 Å². The molecule has 0 aliphatic rings. The summed E-state index contributed by atoms with van der Waals surface area (Å²) in [6.07, 6.45) is 12.4. The van der Waals surface area contributed by atoms with Gasteiger partial charge in [0.25, 0.3) is 5.82 Å². The van der Waals surface area contributed by atoms with Crippen molar-refractivity contribution in [2.45, 2.75) is 71.8 Å². The van der Waals surface area contributed by atoms with E-state index in [1.54, 1.807) is 0 Å². The van der Waals surface area contributed by atoms with Crippen molar-refractivity contribution < 1.29 is 4.57 Å². The maximum Gasteiger partial charge on any atom is 0.256 e. The van der Waals surface area contributed by atoms with Crippen LogP contribution in [0.25, 0.3) is 0 Å². The summed E-state index contributed by atoms with van der Waals surface area (Å²) in [7, 11) is 0. The van der Waals surface area contributed by atoms with Crippen molar-refractivity contribution in [2.75, 3.05) is 0 Å². The zero-order valence-electron chi connectivity index (χ0n) is 11.1. The number of aromatic nitrogens is 2. The van der Waals surface area contributed by atoms with E-state index in [0.29, 0.717) is 5.92 Å². The lowest BCUT2D eigenvalue weighted by atomic mass is 10.1. The number of nitrogens with zero attached hydrogens (tertiary/aromatic N) is 1. The Labute approximate surface area is 100 Å². The number of nitrogens with one attached hydrogen (secondary N) is 1. The van der Waals surface area contributed by atoms with Crippen molar-refractivity contribution in [2.24, 2.45) is 0 Å². The Morgan fingerprint density at radius 2 is 1.81 bits per heavy atom. The van der Waals surface area contributed by atoms with E-state index < -0.39 is 0 Å². The summed E-state index contributed by atoms with van der Waals surface area (Å²) in [6, 6.07) is 0. The molecule has 0 aliphatic carbocycles. The molecule has 0 unspecified atom stereocenters. The van der Waals surface area contributed by atoms with E-state index in [-0.39, 0.29) is 0 Å². The fourth-order valence-corrected chi connectivity index (χ4v) is 2.13. The van der Waals surface area contributed by atoms with Crippen LogP contribution in [0, 0.1) is 0 Å². The molecular weight excluding hydrogens is 196 g/mol. The molecule has 0 amide bonds. The van der Waals surface area contributed by atoms with E-state index in [2.05, 4.69) is 36.5 Å². The van der Waals surface area contributed by atoms with E-state index in [4.69, 9.17) is 0 Å². The molecule has 1 rings (SSSR count). The highest BCUT2D eigenvalue weighted by Gasteiger charge is 2.13. The van der Waals surface area contributed by atoms with Crippen LogP contribution in [0.2, 0.25) is 0 Å². The van der Waals surface area contributed by atoms with Crippen molar-refractivity contribution in [3.8, 4) is 0 Å². The lowest BCUT2D eigenvalue weighted by Crippen LogP contribution is -2.36. The van der Waals surface area contributed by atoms with Gasteiger partial charge in [-0.15, -0.1) is 0 Å². The minimum Gasteiger partial charge on any atom is -0.247 e. The molecule has 0 fully saturated rings. The van der Waals surface area contributed by atoms with Gasteiger partial charge >= 0.3 is 0 Å². The van der Waals surface area contributed by atoms with Crippen LogP contribution in [0.4, 0.5) is 0 Å². The summed E-state index contributed by atoms with van der Waals surface area (Å²) in [5.41, 5.74) is 0. The highest BCUT2D eigenvalue weighted by molar-refractivity contribution is 4.83. The number of H-pyrrole nitrogens is 1. The number of hydrogen-bond donors (Lipinski definition) is 1. The second-order valence-corrected chi connectivity index (χ2v) is 4.96. The molecule has 0 saturated heterocycles. The maximum absolute atomic E-state index is 3.33. The Morgan fingerprint density at radius 3 is 2.50 bits per heavy atom. The molecule has 0 aromatic carbocycles. The molecule has 1 aromatic rings. The summed E-state index contributed by atoms with van der Waals surface area (Å²) in [6.45, 7) is 7.92. The molecular formula is C14H27N2+. The Balaban J connectivity index is 2.19. The van der Waals surface area contributed by atoms with Crippen LogP contribution >= 0.6 is 0 Å². The highest BCUT2D eigenvalue weighted by atomic mass is 15.1. The van der Waals surface area contributed by atoms with Gasteiger partial charge in [-0.25, -0.2) is 9.55 Å². The molecule has 16 heavy (non-hydrogen) atoms. The van der Waals surface area contributed by atoms with Gasteiger partial charge in [-0.2, -0.15) is 0 Å². The Morgan fingerprint density at radius 1 is 1.12 bits per heavy atom. The first-order valence-electron chi connectivity index (χ1n) is 6.82. The van der Waals surface area contributed by atoms with Gasteiger partial charge in [-0.05, 0) is 12.8 Å². The number of rotatable bonds is 8. The van der Waals surface area contributed by atoms with Gasteiger partial charge in [0, 0.05) is 0 Å². The van der Waals surface area contributed by atoms with Gasteiger partial charge in [0.2, 0.25) is 0 Å². The molecule has 0 atom stereocenters. The third-order valence-corrected chi connectivity index (χ3v) is 3.09. The molecule has 0 aliphatic heterocycles. The SMILES string of the molecule is CCCCCCCC[n+]1cc[nH]c1C(C)C. The average Bonchev–Trinajstić information content (AvgIpc) is 2.71. The lowest BCUT2D eigenvalue weighted by Gasteiger charge is -2.03. The van der Waals surface area contributed by atoms with Gasteiger partial charge in [0.05, 0.1) is 12.5 Å². The minimum atomic E-state index is 0.593. The van der Waals surface area contributed by atoms with E-state index >= 15 is 0 Å². The van der Waals surface area contributed by atoms with Crippen LogP contribution < -0.4 is 4.57 Å². The molecule has 0 spiro atoms. The monoisotopic (exact) mass is 223 g/mol. The molecule has 2 heteroatoms. The normalized spacial score (nSPS) is 11.2. The van der Waals surface area contributed by atoms with Gasteiger partial charge in [0.1, 0.15) is 12.4 Å². The van der Waals surface area contributed by atoms with E-state index in [9.17, 15) is 0 Å². The summed E-state index contributed by atoms with van der Waals surface area (Å²) in [4.78, 5) is 3.33. The predicted molar refractivity (Wildman–Crippen MR) is 68.5 cm³/mol. The van der Waals surface area contributed by atoms with E-state index in [1.807, 2.05) is 6.20 Å². The maximum atomic E-state index is 3.33. The summed E-state index contributed by atoms with van der Waals surface area (Å²) < 4.78 is 2.37. The fraction of sp³-hybridized carbons (Fsp3) is 0.786. The number of hydrogen-bond acceptors (Lipinski definition) is 0. The van der Waals surface area contributed by atoms with E-state index in [0.717, 1.165) is 0 Å². The molecule has 0 radical (unpaired) electrons. The van der Waals surface area contributed by atoms with Crippen LogP contribution in [-0.4, -0.2) is 4.98 Å². The van der Waals surface area contributed by atoms with Crippen LogP contribution in [0.15, 0.2) is 12.4 Å². The highest BCUT2D eigenvalue weighted by Crippen LogP contribution is 2.08. The van der Waals surface area contributed by atoms with Crippen LogP contribution in [0.5, 0.6) is 0 Å². The number of unbranched alkanes of at least 4 members (excludes halogenated alkanes) is 5. The van der Waals surface area contributed by atoms with Crippen molar-refractivity contribution >= 4 is 0 Å². The number of aryl methyl sites for hydroxylation is 1. The predicted octanol–water partition coefficient (Wildman–Crippen LogP) is 3.79. The number of imidazole rings is 1. The summed E-state index contributed by atoms with van der Waals surface area (Å²) >= 11 is 0. The second kappa shape index (κ2) is 7.48. The summed E-state index contributed by atoms with van der Waals surface area (Å²) in [5, 5.41) is 0.